The lowest BCUT2D eigenvalue weighted by molar-refractivity contribution is 0.203. The van der Waals surface area contributed by atoms with E-state index in [1.165, 1.54) is 44.9 Å². The van der Waals surface area contributed by atoms with E-state index in [1.54, 1.807) is 0 Å². The molecule has 0 saturated carbocycles. The van der Waals surface area contributed by atoms with Crippen LogP contribution in [0.1, 0.15) is 121 Å². The molecule has 29 heavy (non-hydrogen) atoms. The monoisotopic (exact) mass is 410 g/mol. The summed E-state index contributed by atoms with van der Waals surface area (Å²) in [7, 11) is 0. The Morgan fingerprint density at radius 3 is 0.759 bits per heavy atom. The van der Waals surface area contributed by atoms with Gasteiger partial charge in [-0.15, -0.1) is 0 Å². The van der Waals surface area contributed by atoms with Crippen molar-refractivity contribution in [2.24, 2.45) is 53.3 Å². The van der Waals surface area contributed by atoms with Gasteiger partial charge >= 0.3 is 0 Å². The van der Waals surface area contributed by atoms with Gasteiger partial charge in [-0.2, -0.15) is 0 Å². The normalized spacial score (nSPS) is 20.7. The van der Waals surface area contributed by atoms with E-state index in [2.05, 4.69) is 69.2 Å². The second-order valence-corrected chi connectivity index (χ2v) is 12.3. The molecule has 0 bridgehead atoms. The standard InChI is InChI=1S/C28H58O/c1-20(2)11-21(3)12-22(4)13-23(5)14-24(6)15-25(7)16-26(8)17-27(9)18-28(10)19-29/h20-29H,11-19H2,1-10H3. The number of rotatable bonds is 17. The predicted molar refractivity (Wildman–Crippen MR) is 132 cm³/mol. The van der Waals surface area contributed by atoms with Gasteiger partial charge in [-0.1, -0.05) is 69.2 Å². The van der Waals surface area contributed by atoms with E-state index in [4.69, 9.17) is 0 Å². The van der Waals surface area contributed by atoms with Crippen LogP contribution >= 0.6 is 0 Å². The third-order valence-electron chi connectivity index (χ3n) is 6.82. The molecule has 8 atom stereocenters. The van der Waals surface area contributed by atoms with E-state index >= 15 is 0 Å². The van der Waals surface area contributed by atoms with Crippen molar-refractivity contribution in [1.82, 2.24) is 0 Å². The molecule has 0 aromatic carbocycles. The maximum Gasteiger partial charge on any atom is 0.0456 e. The van der Waals surface area contributed by atoms with E-state index in [9.17, 15) is 5.11 Å². The van der Waals surface area contributed by atoms with Crippen LogP contribution in [0, 0.1) is 53.3 Å². The third-order valence-corrected chi connectivity index (χ3v) is 6.82. The first-order valence-corrected chi connectivity index (χ1v) is 13.0. The quantitative estimate of drug-likeness (QED) is 0.254. The van der Waals surface area contributed by atoms with E-state index in [0.29, 0.717) is 12.5 Å². The molecule has 0 aromatic heterocycles. The van der Waals surface area contributed by atoms with Gasteiger partial charge < -0.3 is 5.11 Å². The van der Waals surface area contributed by atoms with Crippen LogP contribution in [0.2, 0.25) is 0 Å². The average Bonchev–Trinajstić information content (AvgIpc) is 2.51. The van der Waals surface area contributed by atoms with Gasteiger partial charge in [0.1, 0.15) is 0 Å². The van der Waals surface area contributed by atoms with Crippen molar-refractivity contribution in [2.45, 2.75) is 121 Å². The Hall–Kier alpha value is -0.0400. The summed E-state index contributed by atoms with van der Waals surface area (Å²) in [6, 6.07) is 0. The Morgan fingerprint density at radius 2 is 0.552 bits per heavy atom. The fourth-order valence-electron chi connectivity index (χ4n) is 6.36. The molecule has 0 aromatic rings. The van der Waals surface area contributed by atoms with Gasteiger partial charge in [0.2, 0.25) is 0 Å². The van der Waals surface area contributed by atoms with Crippen LogP contribution in [0.15, 0.2) is 0 Å². The van der Waals surface area contributed by atoms with Gasteiger partial charge in [-0.25, -0.2) is 0 Å². The van der Waals surface area contributed by atoms with E-state index in [-0.39, 0.29) is 0 Å². The average molecular weight is 411 g/mol. The summed E-state index contributed by atoms with van der Waals surface area (Å²) in [6.07, 6.45) is 10.8. The van der Waals surface area contributed by atoms with Gasteiger partial charge in [-0.05, 0) is 105 Å². The Morgan fingerprint density at radius 1 is 0.345 bits per heavy atom. The number of hydrogen-bond acceptors (Lipinski definition) is 1. The number of aliphatic hydroxyl groups is 1. The molecule has 8 unspecified atom stereocenters. The van der Waals surface area contributed by atoms with Gasteiger partial charge in [0.05, 0.1) is 0 Å². The van der Waals surface area contributed by atoms with Crippen molar-refractivity contribution in [3.05, 3.63) is 0 Å². The van der Waals surface area contributed by atoms with Gasteiger partial charge in [0, 0.05) is 6.61 Å². The second kappa shape index (κ2) is 15.7. The van der Waals surface area contributed by atoms with E-state index < -0.39 is 0 Å². The highest BCUT2D eigenvalue weighted by Crippen LogP contribution is 2.31. The van der Waals surface area contributed by atoms with Crippen molar-refractivity contribution < 1.29 is 5.11 Å². The zero-order valence-electron chi connectivity index (χ0n) is 22.0. The first kappa shape index (κ1) is 29.0. The van der Waals surface area contributed by atoms with Crippen molar-refractivity contribution in [2.75, 3.05) is 6.61 Å². The maximum atomic E-state index is 9.27. The fourth-order valence-corrected chi connectivity index (χ4v) is 6.36. The first-order valence-electron chi connectivity index (χ1n) is 13.0. The van der Waals surface area contributed by atoms with Crippen molar-refractivity contribution in [1.29, 1.82) is 0 Å². The first-order chi connectivity index (χ1) is 13.4. The Kier molecular flexibility index (Phi) is 15.7. The van der Waals surface area contributed by atoms with Crippen LogP contribution < -0.4 is 0 Å². The molecular formula is C28H58O. The summed E-state index contributed by atoms with van der Waals surface area (Å²) >= 11 is 0. The molecule has 1 N–H and O–H groups in total. The Bertz CT molecular complexity index is 377. The molecule has 0 aliphatic carbocycles. The van der Waals surface area contributed by atoms with E-state index in [1.807, 2.05) is 0 Å². The smallest absolute Gasteiger partial charge is 0.0456 e. The Labute approximate surface area is 185 Å². The minimum absolute atomic E-state index is 0.333. The molecule has 0 fully saturated rings. The summed E-state index contributed by atoms with van der Waals surface area (Å²) < 4.78 is 0. The van der Waals surface area contributed by atoms with Crippen molar-refractivity contribution in [3.63, 3.8) is 0 Å². The number of aliphatic hydroxyl groups excluding tert-OH is 1. The molecule has 1 nitrogen and oxygen atoms in total. The van der Waals surface area contributed by atoms with Crippen LogP contribution in [0.4, 0.5) is 0 Å². The molecule has 0 aliphatic rings. The fraction of sp³-hybridized carbons (Fsp3) is 1.00. The van der Waals surface area contributed by atoms with E-state index in [0.717, 1.165) is 53.8 Å². The Balaban J connectivity index is 4.13. The van der Waals surface area contributed by atoms with Gasteiger partial charge in [0.25, 0.3) is 0 Å². The minimum Gasteiger partial charge on any atom is -0.396 e. The van der Waals surface area contributed by atoms with Crippen molar-refractivity contribution in [3.8, 4) is 0 Å². The summed E-state index contributed by atoms with van der Waals surface area (Å²) in [4.78, 5) is 0. The van der Waals surface area contributed by atoms with Crippen LogP contribution in [0.25, 0.3) is 0 Å². The van der Waals surface area contributed by atoms with Gasteiger partial charge in [-0.3, -0.25) is 0 Å². The molecule has 0 saturated heterocycles. The van der Waals surface area contributed by atoms with Gasteiger partial charge in [0.15, 0.2) is 0 Å². The van der Waals surface area contributed by atoms with Crippen LogP contribution in [0.3, 0.4) is 0 Å². The predicted octanol–water partition coefficient (Wildman–Crippen LogP) is 8.84. The highest BCUT2D eigenvalue weighted by Gasteiger charge is 2.19. The molecule has 0 radical (unpaired) electrons. The second-order valence-electron chi connectivity index (χ2n) is 12.3. The SMILES string of the molecule is CC(C)CC(C)CC(C)CC(C)CC(C)CC(C)CC(C)CC(C)CC(C)CO. The van der Waals surface area contributed by atoms with Crippen LogP contribution in [-0.4, -0.2) is 11.7 Å². The third kappa shape index (κ3) is 16.3. The zero-order chi connectivity index (χ0) is 22.6. The molecule has 176 valence electrons. The van der Waals surface area contributed by atoms with Crippen molar-refractivity contribution >= 4 is 0 Å². The zero-order valence-corrected chi connectivity index (χ0v) is 22.0. The molecular weight excluding hydrogens is 352 g/mol. The highest BCUT2D eigenvalue weighted by molar-refractivity contribution is 4.70. The lowest BCUT2D eigenvalue weighted by Crippen LogP contribution is -2.15. The largest absolute Gasteiger partial charge is 0.396 e. The lowest BCUT2D eigenvalue weighted by Gasteiger charge is -2.26. The highest BCUT2D eigenvalue weighted by atomic mass is 16.3. The maximum absolute atomic E-state index is 9.27. The molecule has 0 spiro atoms. The lowest BCUT2D eigenvalue weighted by atomic mass is 9.80. The summed E-state index contributed by atoms with van der Waals surface area (Å²) in [5.41, 5.74) is 0. The number of hydrogen-bond donors (Lipinski definition) is 1. The summed E-state index contributed by atoms with van der Waals surface area (Å²) in [5, 5.41) is 9.27. The molecule has 0 aliphatic heterocycles. The van der Waals surface area contributed by atoms with Crippen LogP contribution in [-0.2, 0) is 0 Å². The minimum atomic E-state index is 0.333. The molecule has 0 rings (SSSR count). The molecule has 0 amide bonds. The van der Waals surface area contributed by atoms with Crippen LogP contribution in [0.5, 0.6) is 0 Å². The summed E-state index contributed by atoms with van der Waals surface area (Å²) in [5.74, 6) is 7.10. The molecule has 0 heterocycles. The topological polar surface area (TPSA) is 20.2 Å². The summed E-state index contributed by atoms with van der Waals surface area (Å²) in [6.45, 7) is 24.3. The molecule has 1 heteroatoms.